The smallest absolute Gasteiger partial charge is 0.416 e. The number of ether oxygens (including phenoxy) is 1. The lowest BCUT2D eigenvalue weighted by Gasteiger charge is -2.21. The van der Waals surface area contributed by atoms with Crippen LogP contribution in [0.25, 0.3) is 0 Å². The molecule has 0 radical (unpaired) electrons. The Bertz CT molecular complexity index is 1050. The Hall–Kier alpha value is -2.69. The summed E-state index contributed by atoms with van der Waals surface area (Å²) in [5.74, 6) is -0.0241. The Morgan fingerprint density at radius 3 is 2.82 bits per heavy atom. The molecule has 1 amide bonds. The molecular formula is C23H24F3N3O3S. The maximum atomic E-state index is 13.1. The molecule has 1 atom stereocenters. The van der Waals surface area contributed by atoms with Gasteiger partial charge in [-0.05, 0) is 35.9 Å². The third-order valence-electron chi connectivity index (χ3n) is 5.28. The molecule has 0 bridgehead atoms. The normalized spacial score (nSPS) is 16.4. The molecule has 1 fully saturated rings. The monoisotopic (exact) mass is 479 g/mol. The Kier molecular flexibility index (Phi) is 7.46. The van der Waals surface area contributed by atoms with Crippen LogP contribution in [-0.2, 0) is 30.5 Å². The maximum Gasteiger partial charge on any atom is 0.416 e. The van der Waals surface area contributed by atoms with Crippen molar-refractivity contribution in [2.24, 2.45) is 0 Å². The third-order valence-corrected chi connectivity index (χ3v) is 6.14. The minimum absolute atomic E-state index is 0.0223. The molecule has 6 nitrogen and oxygen atoms in total. The Morgan fingerprint density at radius 2 is 2.09 bits per heavy atom. The van der Waals surface area contributed by atoms with Crippen LogP contribution in [0.3, 0.4) is 0 Å². The zero-order valence-electron chi connectivity index (χ0n) is 17.8. The van der Waals surface area contributed by atoms with E-state index in [4.69, 9.17) is 9.15 Å². The Labute approximate surface area is 193 Å². The molecule has 33 heavy (non-hydrogen) atoms. The number of hydrogen-bond donors (Lipinski definition) is 1. The molecule has 10 heteroatoms. The van der Waals surface area contributed by atoms with Crippen molar-refractivity contribution in [3.05, 3.63) is 75.6 Å². The van der Waals surface area contributed by atoms with E-state index in [9.17, 15) is 18.0 Å². The highest BCUT2D eigenvalue weighted by Gasteiger charge is 2.30. The van der Waals surface area contributed by atoms with E-state index in [2.05, 4.69) is 10.3 Å². The van der Waals surface area contributed by atoms with Crippen molar-refractivity contribution in [3.8, 4) is 0 Å². The van der Waals surface area contributed by atoms with Crippen LogP contribution in [0.5, 0.6) is 0 Å². The van der Waals surface area contributed by atoms with Crippen LogP contribution in [0.2, 0.25) is 0 Å². The summed E-state index contributed by atoms with van der Waals surface area (Å²) in [6.45, 7) is 2.15. The highest BCUT2D eigenvalue weighted by molar-refractivity contribution is 7.09. The van der Waals surface area contributed by atoms with Gasteiger partial charge >= 0.3 is 6.18 Å². The summed E-state index contributed by atoms with van der Waals surface area (Å²) in [6.07, 6.45) is -1.18. The van der Waals surface area contributed by atoms with E-state index in [1.54, 1.807) is 17.4 Å². The number of amides is 1. The minimum atomic E-state index is -4.40. The number of thiophene rings is 1. The van der Waals surface area contributed by atoms with Crippen LogP contribution in [0.1, 0.15) is 45.2 Å². The summed E-state index contributed by atoms with van der Waals surface area (Å²) < 4.78 is 50.3. The van der Waals surface area contributed by atoms with Gasteiger partial charge in [-0.2, -0.15) is 13.2 Å². The molecule has 4 rings (SSSR count). The summed E-state index contributed by atoms with van der Waals surface area (Å²) in [5, 5.41) is 4.74. The Morgan fingerprint density at radius 1 is 1.21 bits per heavy atom. The molecule has 0 aliphatic carbocycles. The number of oxazole rings is 1. The average molecular weight is 480 g/mol. The maximum absolute atomic E-state index is 13.1. The zero-order chi connectivity index (χ0) is 23.3. The number of nitrogens with zero attached hydrogens (tertiary/aromatic N) is 2. The first-order chi connectivity index (χ1) is 15.9. The molecule has 1 saturated heterocycles. The highest BCUT2D eigenvalue weighted by Crippen LogP contribution is 2.30. The van der Waals surface area contributed by atoms with E-state index in [-0.39, 0.29) is 30.8 Å². The first kappa shape index (κ1) is 23.5. The lowest BCUT2D eigenvalue weighted by atomic mass is 10.1. The molecule has 2 aromatic heterocycles. The van der Waals surface area contributed by atoms with Crippen molar-refractivity contribution in [2.45, 2.75) is 44.8 Å². The first-order valence-corrected chi connectivity index (χ1v) is 11.5. The van der Waals surface area contributed by atoms with Crippen molar-refractivity contribution in [1.82, 2.24) is 15.2 Å². The molecule has 1 aliphatic heterocycles. The second-order valence-corrected chi connectivity index (χ2v) is 8.93. The molecule has 0 saturated carbocycles. The quantitative estimate of drug-likeness (QED) is 0.475. The summed E-state index contributed by atoms with van der Waals surface area (Å²) in [7, 11) is 0. The lowest BCUT2D eigenvalue weighted by Crippen LogP contribution is -2.32. The highest BCUT2D eigenvalue weighted by atomic mass is 32.1. The van der Waals surface area contributed by atoms with Crippen LogP contribution in [-0.4, -0.2) is 35.0 Å². The van der Waals surface area contributed by atoms with Crippen LogP contribution < -0.4 is 5.32 Å². The van der Waals surface area contributed by atoms with Crippen molar-refractivity contribution in [2.75, 3.05) is 13.2 Å². The summed E-state index contributed by atoms with van der Waals surface area (Å²) in [5.41, 5.74) is 0.0120. The van der Waals surface area contributed by atoms with E-state index in [1.165, 1.54) is 12.3 Å². The number of alkyl halides is 3. The predicted octanol–water partition coefficient (Wildman–Crippen LogP) is 4.87. The molecule has 1 N–H and O–H groups in total. The summed E-state index contributed by atoms with van der Waals surface area (Å²) >= 11 is 1.56. The number of halogens is 3. The van der Waals surface area contributed by atoms with Crippen LogP contribution in [0.15, 0.2) is 52.5 Å². The van der Waals surface area contributed by atoms with Crippen LogP contribution in [0, 0.1) is 0 Å². The molecule has 0 spiro atoms. The number of aromatic nitrogens is 1. The van der Waals surface area contributed by atoms with Crippen molar-refractivity contribution in [3.63, 3.8) is 0 Å². The molecule has 3 heterocycles. The number of carbonyl (C=O) groups is 1. The van der Waals surface area contributed by atoms with Gasteiger partial charge in [0.2, 0.25) is 5.89 Å². The van der Waals surface area contributed by atoms with E-state index in [0.29, 0.717) is 31.2 Å². The van der Waals surface area contributed by atoms with Gasteiger partial charge in [-0.15, -0.1) is 11.3 Å². The second kappa shape index (κ2) is 10.5. The first-order valence-electron chi connectivity index (χ1n) is 10.6. The molecule has 1 aromatic carbocycles. The molecule has 176 valence electrons. The predicted molar refractivity (Wildman–Crippen MR) is 117 cm³/mol. The van der Waals surface area contributed by atoms with Gasteiger partial charge in [0.25, 0.3) is 5.91 Å². The number of nitrogens with one attached hydrogen (secondary N) is 1. The van der Waals surface area contributed by atoms with Gasteiger partial charge in [0, 0.05) is 31.1 Å². The summed E-state index contributed by atoms with van der Waals surface area (Å²) in [6, 6.07) is 9.16. The van der Waals surface area contributed by atoms with Gasteiger partial charge in [0.15, 0.2) is 5.69 Å². The van der Waals surface area contributed by atoms with Gasteiger partial charge in [-0.25, -0.2) is 4.98 Å². The largest absolute Gasteiger partial charge is 0.447 e. The molecule has 1 aliphatic rings. The third kappa shape index (κ3) is 6.66. The van der Waals surface area contributed by atoms with Crippen molar-refractivity contribution < 1.29 is 27.1 Å². The minimum Gasteiger partial charge on any atom is -0.447 e. The fourth-order valence-corrected chi connectivity index (χ4v) is 4.42. The fourth-order valence-electron chi connectivity index (χ4n) is 3.68. The van der Waals surface area contributed by atoms with Gasteiger partial charge in [-0.3, -0.25) is 9.69 Å². The van der Waals surface area contributed by atoms with Crippen LogP contribution >= 0.6 is 11.3 Å². The van der Waals surface area contributed by atoms with Crippen LogP contribution in [0.4, 0.5) is 13.2 Å². The van der Waals surface area contributed by atoms with Gasteiger partial charge in [0.1, 0.15) is 6.26 Å². The van der Waals surface area contributed by atoms with Gasteiger partial charge in [0.05, 0.1) is 18.2 Å². The number of benzene rings is 1. The number of rotatable bonds is 9. The van der Waals surface area contributed by atoms with Gasteiger partial charge in [-0.1, -0.05) is 24.3 Å². The van der Waals surface area contributed by atoms with E-state index >= 15 is 0 Å². The van der Waals surface area contributed by atoms with Gasteiger partial charge < -0.3 is 14.5 Å². The standard InChI is InChI=1S/C23H24F3N3O3S/c24-23(25,26)17-5-1-4-16(10-17)12-29(13-19-7-3-9-33-19)14-21-28-20(15-32-21)22(30)27-11-18-6-2-8-31-18/h1,3-5,7,9-10,15,18H,2,6,8,11-14H2,(H,27,30). The summed E-state index contributed by atoms with van der Waals surface area (Å²) in [4.78, 5) is 19.6. The average Bonchev–Trinajstić information content (AvgIpc) is 3.55. The SMILES string of the molecule is O=C(NCC1CCCO1)c1coc(CN(Cc2cccc(C(F)(F)F)c2)Cc2cccs2)n1. The van der Waals surface area contributed by atoms with Crippen molar-refractivity contribution >= 4 is 17.2 Å². The molecular weight excluding hydrogens is 455 g/mol. The van der Waals surface area contributed by atoms with E-state index in [0.717, 1.165) is 29.9 Å². The second-order valence-electron chi connectivity index (χ2n) is 7.89. The molecule has 1 unspecified atom stereocenters. The zero-order valence-corrected chi connectivity index (χ0v) is 18.6. The molecule has 3 aromatic rings. The lowest BCUT2D eigenvalue weighted by molar-refractivity contribution is -0.137. The number of carbonyl (C=O) groups excluding carboxylic acids is 1. The fraction of sp³-hybridized carbons (Fsp3) is 0.391. The Balaban J connectivity index is 1.43. The number of hydrogen-bond acceptors (Lipinski definition) is 6. The van der Waals surface area contributed by atoms with E-state index < -0.39 is 11.7 Å². The topological polar surface area (TPSA) is 67.6 Å². The van der Waals surface area contributed by atoms with Crippen molar-refractivity contribution in [1.29, 1.82) is 0 Å². The van der Waals surface area contributed by atoms with E-state index in [1.807, 2.05) is 22.4 Å².